The summed E-state index contributed by atoms with van der Waals surface area (Å²) in [6.45, 7) is 0.715. The first-order valence-corrected chi connectivity index (χ1v) is 5.90. The summed E-state index contributed by atoms with van der Waals surface area (Å²) in [7, 11) is 3.28. The van der Waals surface area contributed by atoms with Gasteiger partial charge in [0.2, 0.25) is 0 Å². The molecule has 1 atom stereocenters. The molecule has 0 amide bonds. The molecule has 1 aromatic carbocycles. The van der Waals surface area contributed by atoms with Gasteiger partial charge in [-0.3, -0.25) is 0 Å². The van der Waals surface area contributed by atoms with Crippen molar-refractivity contribution >= 4 is 0 Å². The van der Waals surface area contributed by atoms with Crippen LogP contribution in [0.15, 0.2) is 18.2 Å². The van der Waals surface area contributed by atoms with Crippen LogP contribution in [0.3, 0.4) is 0 Å². The van der Waals surface area contributed by atoms with E-state index in [4.69, 9.17) is 20.9 Å². The number of rotatable bonds is 7. The van der Waals surface area contributed by atoms with Crippen LogP contribution in [0.25, 0.3) is 0 Å². The van der Waals surface area contributed by atoms with Gasteiger partial charge in [0.15, 0.2) is 0 Å². The van der Waals surface area contributed by atoms with Crippen LogP contribution in [0.5, 0.6) is 11.5 Å². The summed E-state index contributed by atoms with van der Waals surface area (Å²) < 4.78 is 10.5. The lowest BCUT2D eigenvalue weighted by atomic mass is 10.0. The van der Waals surface area contributed by atoms with Crippen molar-refractivity contribution in [3.8, 4) is 11.5 Å². The average molecular weight is 238 g/mol. The first-order valence-electron chi connectivity index (χ1n) is 5.90. The fourth-order valence-corrected chi connectivity index (χ4v) is 1.79. The van der Waals surface area contributed by atoms with Crippen molar-refractivity contribution in [1.82, 2.24) is 0 Å². The van der Waals surface area contributed by atoms with Crippen molar-refractivity contribution in [2.75, 3.05) is 20.8 Å². The van der Waals surface area contributed by atoms with E-state index in [1.54, 1.807) is 14.2 Å². The number of nitrogens with two attached hydrogens (primary N) is 2. The lowest BCUT2D eigenvalue weighted by molar-refractivity contribution is 0.387. The third-order valence-corrected chi connectivity index (χ3v) is 2.81. The topological polar surface area (TPSA) is 70.5 Å². The van der Waals surface area contributed by atoms with E-state index in [0.717, 1.165) is 36.3 Å². The third-order valence-electron chi connectivity index (χ3n) is 2.81. The predicted octanol–water partition coefficient (Wildman–Crippen LogP) is 1.83. The predicted molar refractivity (Wildman–Crippen MR) is 69.4 cm³/mol. The van der Waals surface area contributed by atoms with E-state index in [0.29, 0.717) is 6.54 Å². The van der Waals surface area contributed by atoms with Gasteiger partial charge < -0.3 is 20.9 Å². The molecule has 0 aromatic heterocycles. The molecule has 0 aliphatic rings. The number of unbranched alkanes of at least 4 members (excludes halogenated alkanes) is 1. The molecule has 96 valence electrons. The maximum Gasteiger partial charge on any atom is 0.127 e. The number of methoxy groups -OCH3 is 2. The zero-order chi connectivity index (χ0) is 12.7. The quantitative estimate of drug-likeness (QED) is 0.711. The normalized spacial score (nSPS) is 12.2. The molecule has 0 saturated carbocycles. The van der Waals surface area contributed by atoms with E-state index in [1.807, 2.05) is 18.2 Å². The highest BCUT2D eigenvalue weighted by atomic mass is 16.5. The van der Waals surface area contributed by atoms with Gasteiger partial charge >= 0.3 is 0 Å². The molecule has 0 radical (unpaired) electrons. The van der Waals surface area contributed by atoms with E-state index in [9.17, 15) is 0 Å². The Bertz CT molecular complexity index is 342. The van der Waals surface area contributed by atoms with Gasteiger partial charge in [-0.15, -0.1) is 0 Å². The summed E-state index contributed by atoms with van der Waals surface area (Å²) in [5.41, 5.74) is 12.6. The molecule has 1 aromatic rings. The molecule has 0 aliphatic carbocycles. The number of ether oxygens (including phenoxy) is 2. The van der Waals surface area contributed by atoms with Crippen LogP contribution in [0.2, 0.25) is 0 Å². The van der Waals surface area contributed by atoms with Gasteiger partial charge in [-0.2, -0.15) is 0 Å². The Morgan fingerprint density at radius 2 is 1.94 bits per heavy atom. The molecule has 0 aliphatic heterocycles. The van der Waals surface area contributed by atoms with Gasteiger partial charge in [0.05, 0.1) is 14.2 Å². The Morgan fingerprint density at radius 3 is 2.53 bits per heavy atom. The zero-order valence-corrected chi connectivity index (χ0v) is 10.6. The summed E-state index contributed by atoms with van der Waals surface area (Å²) in [4.78, 5) is 0. The van der Waals surface area contributed by atoms with Gasteiger partial charge in [0.25, 0.3) is 0 Å². The first-order chi connectivity index (χ1) is 8.22. The van der Waals surface area contributed by atoms with Crippen LogP contribution in [0.4, 0.5) is 0 Å². The second-order valence-electron chi connectivity index (χ2n) is 4.00. The smallest absolute Gasteiger partial charge is 0.127 e. The van der Waals surface area contributed by atoms with Gasteiger partial charge in [0.1, 0.15) is 11.5 Å². The van der Waals surface area contributed by atoms with Crippen molar-refractivity contribution in [2.24, 2.45) is 11.5 Å². The van der Waals surface area contributed by atoms with Crippen molar-refractivity contribution in [3.63, 3.8) is 0 Å². The van der Waals surface area contributed by atoms with Crippen molar-refractivity contribution in [3.05, 3.63) is 23.8 Å². The van der Waals surface area contributed by atoms with Crippen molar-refractivity contribution in [2.45, 2.75) is 25.3 Å². The Hall–Kier alpha value is -1.26. The summed E-state index contributed by atoms with van der Waals surface area (Å²) >= 11 is 0. The molecule has 4 heteroatoms. The van der Waals surface area contributed by atoms with Crippen LogP contribution < -0.4 is 20.9 Å². The maximum atomic E-state index is 6.14. The molecule has 4 nitrogen and oxygen atoms in total. The average Bonchev–Trinajstić information content (AvgIpc) is 2.38. The van der Waals surface area contributed by atoms with Crippen LogP contribution in [-0.4, -0.2) is 20.8 Å². The van der Waals surface area contributed by atoms with Crippen LogP contribution in [-0.2, 0) is 0 Å². The van der Waals surface area contributed by atoms with Gasteiger partial charge in [0, 0.05) is 17.7 Å². The molecular weight excluding hydrogens is 216 g/mol. The summed E-state index contributed by atoms with van der Waals surface area (Å²) in [5, 5.41) is 0. The third kappa shape index (κ3) is 3.91. The van der Waals surface area contributed by atoms with E-state index in [-0.39, 0.29) is 6.04 Å². The highest BCUT2D eigenvalue weighted by Gasteiger charge is 2.12. The lowest BCUT2D eigenvalue weighted by Gasteiger charge is -2.16. The summed E-state index contributed by atoms with van der Waals surface area (Å²) in [6, 6.07) is 5.71. The molecule has 0 bridgehead atoms. The van der Waals surface area contributed by atoms with Gasteiger partial charge in [-0.05, 0) is 25.5 Å². The van der Waals surface area contributed by atoms with Crippen molar-refractivity contribution < 1.29 is 9.47 Å². The lowest BCUT2D eigenvalue weighted by Crippen LogP contribution is -2.12. The minimum Gasteiger partial charge on any atom is -0.497 e. The minimum absolute atomic E-state index is 0.0117. The van der Waals surface area contributed by atoms with Crippen LogP contribution >= 0.6 is 0 Å². The van der Waals surface area contributed by atoms with Crippen LogP contribution in [0, 0.1) is 0 Å². The molecule has 0 spiro atoms. The number of benzene rings is 1. The second-order valence-corrected chi connectivity index (χ2v) is 4.00. The Labute approximate surface area is 103 Å². The van der Waals surface area contributed by atoms with Crippen molar-refractivity contribution in [1.29, 1.82) is 0 Å². The molecule has 4 N–H and O–H groups in total. The fourth-order valence-electron chi connectivity index (χ4n) is 1.79. The number of hydrogen-bond acceptors (Lipinski definition) is 4. The summed E-state index contributed by atoms with van der Waals surface area (Å²) in [5.74, 6) is 1.56. The van der Waals surface area contributed by atoms with E-state index in [2.05, 4.69) is 0 Å². The monoisotopic (exact) mass is 238 g/mol. The molecule has 17 heavy (non-hydrogen) atoms. The second kappa shape index (κ2) is 7.14. The van der Waals surface area contributed by atoms with E-state index in [1.165, 1.54) is 0 Å². The Balaban J connectivity index is 2.74. The molecule has 1 rings (SSSR count). The Kier molecular flexibility index (Phi) is 5.80. The number of hydrogen-bond donors (Lipinski definition) is 2. The van der Waals surface area contributed by atoms with Crippen LogP contribution in [0.1, 0.15) is 30.9 Å². The molecule has 0 unspecified atom stereocenters. The molecule has 0 saturated heterocycles. The fraction of sp³-hybridized carbons (Fsp3) is 0.538. The highest BCUT2D eigenvalue weighted by molar-refractivity contribution is 5.42. The minimum atomic E-state index is -0.0117. The molecule has 0 heterocycles. The van der Waals surface area contributed by atoms with E-state index < -0.39 is 0 Å². The highest BCUT2D eigenvalue weighted by Crippen LogP contribution is 2.30. The maximum absolute atomic E-state index is 6.14. The van der Waals surface area contributed by atoms with Gasteiger partial charge in [-0.25, -0.2) is 0 Å². The molecular formula is C13H22N2O2. The van der Waals surface area contributed by atoms with Gasteiger partial charge in [-0.1, -0.05) is 12.5 Å². The molecule has 0 fully saturated rings. The Morgan fingerprint density at radius 1 is 1.18 bits per heavy atom. The summed E-state index contributed by atoms with van der Waals surface area (Å²) in [6.07, 6.45) is 2.96. The first kappa shape index (κ1) is 13.8. The largest absolute Gasteiger partial charge is 0.497 e. The van der Waals surface area contributed by atoms with E-state index >= 15 is 0 Å². The standard InChI is InChI=1S/C13H22N2O2/c1-16-10-6-7-11(13(9-10)17-2)12(15)5-3-4-8-14/h6-7,9,12H,3-5,8,14-15H2,1-2H3/t12-/m0/s1. The SMILES string of the molecule is COc1ccc([C@@H](N)CCCCN)c(OC)c1. The zero-order valence-electron chi connectivity index (χ0n) is 10.6.